The van der Waals surface area contributed by atoms with E-state index in [1.165, 1.54) is 12.0 Å². The molecule has 3 atom stereocenters. The lowest BCUT2D eigenvalue weighted by atomic mass is 10.0. The van der Waals surface area contributed by atoms with Crippen LogP contribution in [0, 0.1) is 18.8 Å². The number of hydrogen-bond acceptors (Lipinski definition) is 3. The molecular formula is C12H19N3. The minimum absolute atomic E-state index is 0.368. The maximum Gasteiger partial charge on any atom is 0.128 e. The van der Waals surface area contributed by atoms with Crippen LogP contribution in [0.15, 0.2) is 12.3 Å². The van der Waals surface area contributed by atoms with Crippen LogP contribution in [0.4, 0.5) is 5.82 Å². The lowest BCUT2D eigenvalue weighted by molar-refractivity contribution is 0.504. The first-order chi connectivity index (χ1) is 7.13. The predicted octanol–water partition coefficient (Wildman–Crippen LogP) is 1.89. The van der Waals surface area contributed by atoms with Crippen molar-refractivity contribution in [1.29, 1.82) is 0 Å². The molecule has 0 spiro atoms. The second kappa shape index (κ2) is 3.81. The van der Waals surface area contributed by atoms with Crippen LogP contribution in [-0.4, -0.2) is 12.0 Å². The van der Waals surface area contributed by atoms with Crippen molar-refractivity contribution >= 4 is 5.82 Å². The number of nitrogens with zero attached hydrogens (tertiary/aromatic N) is 1. The highest BCUT2D eigenvalue weighted by molar-refractivity contribution is 5.43. The van der Waals surface area contributed by atoms with E-state index in [0.717, 1.165) is 17.4 Å². The van der Waals surface area contributed by atoms with Gasteiger partial charge in [0.25, 0.3) is 0 Å². The number of hydrogen-bond donors (Lipinski definition) is 2. The monoisotopic (exact) mass is 205 g/mol. The third-order valence-corrected chi connectivity index (χ3v) is 3.33. The summed E-state index contributed by atoms with van der Waals surface area (Å²) in [5.74, 6) is 2.20. The highest BCUT2D eigenvalue weighted by Crippen LogP contribution is 2.47. The summed E-state index contributed by atoms with van der Waals surface area (Å²) in [6, 6.07) is 2.52. The van der Waals surface area contributed by atoms with Crippen LogP contribution < -0.4 is 11.1 Å². The molecule has 2 rings (SSSR count). The molecule has 82 valence electrons. The van der Waals surface area contributed by atoms with Crippen molar-refractivity contribution in [3.8, 4) is 0 Å². The topological polar surface area (TPSA) is 50.9 Å². The second-order valence-corrected chi connectivity index (χ2v) is 4.63. The average Bonchev–Trinajstić information content (AvgIpc) is 2.90. The van der Waals surface area contributed by atoms with Gasteiger partial charge in [0, 0.05) is 17.8 Å². The van der Waals surface area contributed by atoms with Crippen LogP contribution in [0.1, 0.15) is 30.5 Å². The van der Waals surface area contributed by atoms with Crippen molar-refractivity contribution in [1.82, 2.24) is 10.3 Å². The van der Waals surface area contributed by atoms with E-state index in [4.69, 9.17) is 5.73 Å². The van der Waals surface area contributed by atoms with Crippen molar-refractivity contribution in [2.45, 2.75) is 26.3 Å². The molecular weight excluding hydrogens is 186 g/mol. The van der Waals surface area contributed by atoms with Crippen LogP contribution >= 0.6 is 0 Å². The fraction of sp³-hybridized carbons (Fsp3) is 0.583. The predicted molar refractivity (Wildman–Crippen MR) is 62.5 cm³/mol. The van der Waals surface area contributed by atoms with Crippen LogP contribution in [0.5, 0.6) is 0 Å². The van der Waals surface area contributed by atoms with E-state index in [9.17, 15) is 0 Å². The van der Waals surface area contributed by atoms with Crippen molar-refractivity contribution in [2.75, 3.05) is 12.8 Å². The summed E-state index contributed by atoms with van der Waals surface area (Å²) in [5.41, 5.74) is 8.26. The minimum atomic E-state index is 0.368. The lowest BCUT2D eigenvalue weighted by Gasteiger charge is -2.18. The van der Waals surface area contributed by atoms with Gasteiger partial charge in [-0.05, 0) is 43.9 Å². The molecule has 3 heteroatoms. The van der Waals surface area contributed by atoms with Gasteiger partial charge in [-0.25, -0.2) is 4.98 Å². The summed E-state index contributed by atoms with van der Waals surface area (Å²) < 4.78 is 0. The van der Waals surface area contributed by atoms with Crippen LogP contribution in [-0.2, 0) is 0 Å². The minimum Gasteiger partial charge on any atom is -0.383 e. The standard InChI is InChI=1S/C12H19N3/c1-7-4-10(12(13)15-6-7)11(14-3)9-5-8(9)2/h4,6,8-9,11,14H,5H2,1-3H3,(H2,13,15). The Bertz CT molecular complexity index is 362. The highest BCUT2D eigenvalue weighted by atomic mass is 14.9. The Morgan fingerprint density at radius 3 is 2.80 bits per heavy atom. The number of aromatic nitrogens is 1. The van der Waals surface area contributed by atoms with Crippen molar-refractivity contribution < 1.29 is 0 Å². The Morgan fingerprint density at radius 1 is 1.60 bits per heavy atom. The van der Waals surface area contributed by atoms with E-state index >= 15 is 0 Å². The molecule has 1 aliphatic carbocycles. The van der Waals surface area contributed by atoms with Gasteiger partial charge in [0.1, 0.15) is 5.82 Å². The zero-order valence-electron chi connectivity index (χ0n) is 9.62. The van der Waals surface area contributed by atoms with E-state index in [0.29, 0.717) is 11.9 Å². The Kier molecular flexibility index (Phi) is 2.65. The number of aryl methyl sites for hydroxylation is 1. The molecule has 1 saturated carbocycles. The normalized spacial score (nSPS) is 26.3. The van der Waals surface area contributed by atoms with E-state index in [1.807, 2.05) is 13.2 Å². The number of nitrogens with one attached hydrogen (secondary N) is 1. The third kappa shape index (κ3) is 1.97. The molecule has 0 aliphatic heterocycles. The number of nitrogen functional groups attached to an aromatic ring is 1. The van der Waals surface area contributed by atoms with Crippen molar-refractivity contribution in [3.05, 3.63) is 23.4 Å². The van der Waals surface area contributed by atoms with E-state index < -0.39 is 0 Å². The van der Waals surface area contributed by atoms with Crippen LogP contribution in [0.3, 0.4) is 0 Å². The molecule has 0 aromatic carbocycles. The molecule has 0 saturated heterocycles. The molecule has 1 aromatic heterocycles. The Labute approximate surface area is 91.1 Å². The molecule has 1 fully saturated rings. The van der Waals surface area contributed by atoms with Gasteiger partial charge in [0.15, 0.2) is 0 Å². The molecule has 1 heterocycles. The molecule has 0 bridgehead atoms. The maximum absolute atomic E-state index is 5.93. The molecule has 1 aromatic rings. The number of nitrogens with two attached hydrogens (primary N) is 1. The molecule has 3 nitrogen and oxygen atoms in total. The van der Waals surface area contributed by atoms with Gasteiger partial charge in [-0.3, -0.25) is 0 Å². The molecule has 3 unspecified atom stereocenters. The molecule has 3 N–H and O–H groups in total. The van der Waals surface area contributed by atoms with Crippen molar-refractivity contribution in [2.24, 2.45) is 11.8 Å². The summed E-state index contributed by atoms with van der Waals surface area (Å²) in [5, 5.41) is 3.36. The number of rotatable bonds is 3. The smallest absolute Gasteiger partial charge is 0.128 e. The average molecular weight is 205 g/mol. The SMILES string of the molecule is CNC(c1cc(C)cnc1N)C1CC1C. The number of pyridine rings is 1. The van der Waals surface area contributed by atoms with Gasteiger partial charge in [-0.15, -0.1) is 0 Å². The summed E-state index contributed by atoms with van der Waals surface area (Å²) >= 11 is 0. The summed E-state index contributed by atoms with van der Waals surface area (Å²) in [6.07, 6.45) is 3.11. The van der Waals surface area contributed by atoms with Gasteiger partial charge in [0.2, 0.25) is 0 Å². The van der Waals surface area contributed by atoms with E-state index in [-0.39, 0.29) is 0 Å². The Hall–Kier alpha value is -1.09. The third-order valence-electron chi connectivity index (χ3n) is 3.33. The van der Waals surface area contributed by atoms with E-state index in [2.05, 4.69) is 30.2 Å². The zero-order valence-corrected chi connectivity index (χ0v) is 9.62. The van der Waals surface area contributed by atoms with Gasteiger partial charge in [-0.2, -0.15) is 0 Å². The highest BCUT2D eigenvalue weighted by Gasteiger charge is 2.40. The fourth-order valence-electron chi connectivity index (χ4n) is 2.27. The summed E-state index contributed by atoms with van der Waals surface area (Å²) in [7, 11) is 2.00. The maximum atomic E-state index is 5.93. The van der Waals surface area contributed by atoms with Gasteiger partial charge < -0.3 is 11.1 Å². The van der Waals surface area contributed by atoms with Gasteiger partial charge in [0.05, 0.1) is 0 Å². The molecule has 1 aliphatic rings. The lowest BCUT2D eigenvalue weighted by Crippen LogP contribution is -2.21. The van der Waals surface area contributed by atoms with Crippen LogP contribution in [0.25, 0.3) is 0 Å². The summed E-state index contributed by atoms with van der Waals surface area (Å²) in [4.78, 5) is 4.22. The van der Waals surface area contributed by atoms with E-state index in [1.54, 1.807) is 0 Å². The Morgan fingerprint density at radius 2 is 2.27 bits per heavy atom. The van der Waals surface area contributed by atoms with Gasteiger partial charge >= 0.3 is 0 Å². The van der Waals surface area contributed by atoms with Crippen molar-refractivity contribution in [3.63, 3.8) is 0 Å². The molecule has 0 amide bonds. The van der Waals surface area contributed by atoms with Gasteiger partial charge in [-0.1, -0.05) is 6.92 Å². The molecule has 15 heavy (non-hydrogen) atoms. The Balaban J connectivity index is 2.29. The quantitative estimate of drug-likeness (QED) is 0.792. The summed E-state index contributed by atoms with van der Waals surface area (Å²) in [6.45, 7) is 4.34. The first kappa shape index (κ1) is 10.4. The molecule has 0 radical (unpaired) electrons. The second-order valence-electron chi connectivity index (χ2n) is 4.63. The number of anilines is 1. The fourth-order valence-corrected chi connectivity index (χ4v) is 2.27. The van der Waals surface area contributed by atoms with Crippen LogP contribution in [0.2, 0.25) is 0 Å². The first-order valence-corrected chi connectivity index (χ1v) is 5.52. The largest absolute Gasteiger partial charge is 0.383 e. The zero-order chi connectivity index (χ0) is 11.0. The first-order valence-electron chi connectivity index (χ1n) is 5.52.